The van der Waals surface area contributed by atoms with Gasteiger partial charge in [0.25, 0.3) is 0 Å². The molecule has 0 aromatic rings. The number of hydrogen-bond acceptors (Lipinski definition) is 4. The third-order valence-corrected chi connectivity index (χ3v) is 4.81. The molecule has 0 bridgehead atoms. The summed E-state index contributed by atoms with van der Waals surface area (Å²) in [5.41, 5.74) is -0.535. The third-order valence-electron chi connectivity index (χ3n) is 4.81. The number of hydrogen-bond donors (Lipinski definition) is 2. The van der Waals surface area contributed by atoms with Gasteiger partial charge in [0, 0.05) is 18.6 Å². The molecule has 5 heteroatoms. The summed E-state index contributed by atoms with van der Waals surface area (Å²) in [7, 11) is 8.08. The van der Waals surface area contributed by atoms with Crippen LogP contribution in [-0.2, 0) is 4.79 Å². The van der Waals surface area contributed by atoms with Gasteiger partial charge in [-0.3, -0.25) is 4.79 Å². The van der Waals surface area contributed by atoms with E-state index >= 15 is 0 Å². The summed E-state index contributed by atoms with van der Waals surface area (Å²) >= 11 is 0. The van der Waals surface area contributed by atoms with E-state index in [-0.39, 0.29) is 0 Å². The number of nitrogens with zero attached hydrogens (tertiary/aromatic N) is 2. The Morgan fingerprint density at radius 1 is 1.37 bits per heavy atom. The van der Waals surface area contributed by atoms with Crippen molar-refractivity contribution in [2.24, 2.45) is 0 Å². The first-order valence-electron chi connectivity index (χ1n) is 7.04. The molecule has 0 aromatic carbocycles. The standard InChI is InChI=1S/C14H29N3O2/c1-13(15-2,12(18)19)9-10-17(5)11-14(16(3)4)7-6-8-14/h15H,6-11H2,1-5H3,(H,18,19). The summed E-state index contributed by atoms with van der Waals surface area (Å²) in [6.45, 7) is 3.55. The van der Waals surface area contributed by atoms with Crippen LogP contribution in [0.3, 0.4) is 0 Å². The number of carbonyl (C=O) groups is 1. The molecule has 1 aliphatic rings. The van der Waals surface area contributed by atoms with Crippen molar-refractivity contribution in [3.63, 3.8) is 0 Å². The van der Waals surface area contributed by atoms with Crippen LogP contribution >= 0.6 is 0 Å². The van der Waals surface area contributed by atoms with Gasteiger partial charge in [0.15, 0.2) is 0 Å². The SMILES string of the molecule is CNC(C)(CCN(C)CC1(N(C)C)CCC1)C(=O)O. The van der Waals surface area contributed by atoms with Crippen LogP contribution in [0.4, 0.5) is 0 Å². The zero-order chi connectivity index (χ0) is 14.7. The maximum Gasteiger partial charge on any atom is 0.323 e. The Morgan fingerprint density at radius 2 is 1.95 bits per heavy atom. The van der Waals surface area contributed by atoms with Crippen LogP contribution < -0.4 is 5.32 Å². The van der Waals surface area contributed by atoms with E-state index in [0.29, 0.717) is 12.0 Å². The summed E-state index contributed by atoms with van der Waals surface area (Å²) < 4.78 is 0. The first-order valence-corrected chi connectivity index (χ1v) is 7.04. The Balaban J connectivity index is 2.47. The second-order valence-electron chi connectivity index (χ2n) is 6.35. The van der Waals surface area contributed by atoms with Crippen molar-refractivity contribution in [1.82, 2.24) is 15.1 Å². The van der Waals surface area contributed by atoms with Crippen LogP contribution in [0.2, 0.25) is 0 Å². The Labute approximate surface area is 117 Å². The topological polar surface area (TPSA) is 55.8 Å². The van der Waals surface area contributed by atoms with Crippen LogP contribution in [0.1, 0.15) is 32.6 Å². The van der Waals surface area contributed by atoms with Gasteiger partial charge in [-0.15, -0.1) is 0 Å². The van der Waals surface area contributed by atoms with Crippen molar-refractivity contribution in [3.8, 4) is 0 Å². The molecule has 1 rings (SSSR count). The van der Waals surface area contributed by atoms with Crippen molar-refractivity contribution in [2.75, 3.05) is 41.3 Å². The summed E-state index contributed by atoms with van der Waals surface area (Å²) in [5.74, 6) is -0.783. The largest absolute Gasteiger partial charge is 0.480 e. The van der Waals surface area contributed by atoms with Gasteiger partial charge < -0.3 is 20.2 Å². The van der Waals surface area contributed by atoms with Crippen molar-refractivity contribution >= 4 is 5.97 Å². The fourth-order valence-corrected chi connectivity index (χ4v) is 2.67. The summed E-state index contributed by atoms with van der Waals surface area (Å²) in [6, 6.07) is 0. The summed E-state index contributed by atoms with van der Waals surface area (Å²) in [5, 5.41) is 12.1. The zero-order valence-electron chi connectivity index (χ0n) is 13.0. The van der Waals surface area contributed by atoms with E-state index < -0.39 is 11.5 Å². The first-order chi connectivity index (χ1) is 8.76. The number of rotatable bonds is 8. The molecule has 1 saturated carbocycles. The number of carboxylic acids is 1. The molecular formula is C14H29N3O2. The second-order valence-corrected chi connectivity index (χ2v) is 6.35. The Kier molecular flexibility index (Phi) is 5.35. The van der Waals surface area contributed by atoms with Crippen molar-refractivity contribution in [2.45, 2.75) is 43.7 Å². The van der Waals surface area contributed by atoms with Gasteiger partial charge in [-0.1, -0.05) is 0 Å². The van der Waals surface area contributed by atoms with E-state index in [1.165, 1.54) is 19.3 Å². The highest BCUT2D eigenvalue weighted by Gasteiger charge is 2.40. The predicted molar refractivity (Wildman–Crippen MR) is 77.5 cm³/mol. The third kappa shape index (κ3) is 3.68. The van der Waals surface area contributed by atoms with Crippen LogP contribution in [0, 0.1) is 0 Å². The minimum Gasteiger partial charge on any atom is -0.480 e. The Morgan fingerprint density at radius 3 is 2.26 bits per heavy atom. The number of likely N-dealkylation sites (N-methyl/N-ethyl adjacent to an activating group) is 3. The number of carboxylic acid groups (broad SMARTS) is 1. The van der Waals surface area contributed by atoms with Gasteiger partial charge in [0.2, 0.25) is 0 Å². The van der Waals surface area contributed by atoms with E-state index in [1.54, 1.807) is 14.0 Å². The normalized spacial score (nSPS) is 21.2. The molecule has 0 aliphatic heterocycles. The lowest BCUT2D eigenvalue weighted by Gasteiger charge is -2.49. The molecule has 19 heavy (non-hydrogen) atoms. The highest BCUT2D eigenvalue weighted by atomic mass is 16.4. The van der Waals surface area contributed by atoms with Crippen molar-refractivity contribution in [1.29, 1.82) is 0 Å². The van der Waals surface area contributed by atoms with Crippen LogP contribution in [0.5, 0.6) is 0 Å². The van der Waals surface area contributed by atoms with Gasteiger partial charge in [-0.05, 0) is 60.8 Å². The Bertz CT molecular complexity index is 316. The molecule has 2 N–H and O–H groups in total. The molecule has 0 heterocycles. The highest BCUT2D eigenvalue weighted by molar-refractivity contribution is 5.78. The van der Waals surface area contributed by atoms with Gasteiger partial charge in [-0.2, -0.15) is 0 Å². The van der Waals surface area contributed by atoms with E-state index in [2.05, 4.69) is 36.3 Å². The highest BCUT2D eigenvalue weighted by Crippen LogP contribution is 2.36. The lowest BCUT2D eigenvalue weighted by Crippen LogP contribution is -2.57. The molecule has 112 valence electrons. The van der Waals surface area contributed by atoms with Crippen molar-refractivity contribution < 1.29 is 9.90 Å². The monoisotopic (exact) mass is 271 g/mol. The smallest absolute Gasteiger partial charge is 0.323 e. The fraction of sp³-hybridized carbons (Fsp3) is 0.929. The molecular weight excluding hydrogens is 242 g/mol. The molecule has 0 aromatic heterocycles. The molecule has 0 radical (unpaired) electrons. The van der Waals surface area contributed by atoms with Crippen molar-refractivity contribution in [3.05, 3.63) is 0 Å². The maximum atomic E-state index is 11.2. The lowest BCUT2D eigenvalue weighted by atomic mass is 9.75. The average Bonchev–Trinajstić information content (AvgIpc) is 2.30. The zero-order valence-corrected chi connectivity index (χ0v) is 13.0. The van der Waals surface area contributed by atoms with Crippen LogP contribution in [-0.4, -0.2) is 73.2 Å². The van der Waals surface area contributed by atoms with Gasteiger partial charge >= 0.3 is 5.97 Å². The average molecular weight is 271 g/mol. The summed E-state index contributed by atoms with van der Waals surface area (Å²) in [6.07, 6.45) is 4.40. The number of aliphatic carboxylic acids is 1. The minimum absolute atomic E-state index is 0.300. The molecule has 1 atom stereocenters. The van der Waals surface area contributed by atoms with Gasteiger partial charge in [0.05, 0.1) is 0 Å². The predicted octanol–water partition coefficient (Wildman–Crippen LogP) is 0.855. The molecule has 0 amide bonds. The van der Waals surface area contributed by atoms with E-state index in [4.69, 9.17) is 0 Å². The number of nitrogens with one attached hydrogen (secondary N) is 1. The Hall–Kier alpha value is -0.650. The summed E-state index contributed by atoms with van der Waals surface area (Å²) in [4.78, 5) is 15.8. The maximum absolute atomic E-state index is 11.2. The molecule has 1 fully saturated rings. The van der Waals surface area contributed by atoms with E-state index in [9.17, 15) is 9.90 Å². The van der Waals surface area contributed by atoms with Gasteiger partial charge in [-0.25, -0.2) is 0 Å². The molecule has 0 spiro atoms. The second kappa shape index (κ2) is 6.20. The van der Waals surface area contributed by atoms with E-state index in [1.807, 2.05) is 0 Å². The van der Waals surface area contributed by atoms with Crippen LogP contribution in [0.15, 0.2) is 0 Å². The quantitative estimate of drug-likeness (QED) is 0.685. The van der Waals surface area contributed by atoms with E-state index in [0.717, 1.165) is 13.1 Å². The fourth-order valence-electron chi connectivity index (χ4n) is 2.67. The minimum atomic E-state index is -0.834. The lowest BCUT2D eigenvalue weighted by molar-refractivity contribution is -0.144. The molecule has 1 unspecified atom stereocenters. The van der Waals surface area contributed by atoms with Gasteiger partial charge in [0.1, 0.15) is 5.54 Å². The first kappa shape index (κ1) is 16.4. The molecule has 0 saturated heterocycles. The van der Waals surface area contributed by atoms with Crippen LogP contribution in [0.25, 0.3) is 0 Å². The molecule has 5 nitrogen and oxygen atoms in total. The molecule has 1 aliphatic carbocycles.